The van der Waals surface area contributed by atoms with Gasteiger partial charge in [0.05, 0.1) is 12.6 Å². The number of hydrogen-bond donors (Lipinski definition) is 5. The van der Waals surface area contributed by atoms with Gasteiger partial charge in [0.25, 0.3) is 0 Å². The topological polar surface area (TPSA) is 93.0 Å². The van der Waals surface area contributed by atoms with E-state index >= 15 is 0 Å². The summed E-state index contributed by atoms with van der Waals surface area (Å²) >= 11 is 0. The zero-order valence-electron chi connectivity index (χ0n) is 10.5. The zero-order chi connectivity index (χ0) is 13.8. The first-order valence-corrected chi connectivity index (χ1v) is 6.26. The molecule has 1 aromatic rings. The Morgan fingerprint density at radius 2 is 1.68 bits per heavy atom. The number of benzene rings is 1. The van der Waals surface area contributed by atoms with Crippen LogP contribution in [0, 0.1) is 0 Å². The van der Waals surface area contributed by atoms with E-state index in [-0.39, 0.29) is 6.61 Å². The van der Waals surface area contributed by atoms with Crippen molar-refractivity contribution in [1.82, 2.24) is 5.32 Å². The third-order valence-corrected chi connectivity index (χ3v) is 3.38. The molecule has 0 spiro atoms. The van der Waals surface area contributed by atoms with E-state index in [0.29, 0.717) is 12.1 Å². The molecule has 0 heterocycles. The van der Waals surface area contributed by atoms with Crippen LogP contribution in [0.25, 0.3) is 0 Å². The number of aliphatic hydroxyl groups is 4. The Bertz CT molecular complexity index is 434. The first kappa shape index (κ1) is 14.2. The van der Waals surface area contributed by atoms with Crippen molar-refractivity contribution < 1.29 is 20.4 Å². The summed E-state index contributed by atoms with van der Waals surface area (Å²) in [6, 6.07) is 9.15. The summed E-state index contributed by atoms with van der Waals surface area (Å²) in [5.74, 6) is 0. The molecule has 2 rings (SSSR count). The third kappa shape index (κ3) is 3.20. The SMILES string of the molecule is OCC1=C[C@H](NCc2ccccc2)[C@H](O)C(O)[C@@H]1O. The molecule has 104 valence electrons. The second-order valence-electron chi connectivity index (χ2n) is 4.72. The van der Waals surface area contributed by atoms with Crippen LogP contribution in [0.3, 0.4) is 0 Å². The molecule has 1 unspecified atom stereocenters. The lowest BCUT2D eigenvalue weighted by atomic mass is 9.88. The smallest absolute Gasteiger partial charge is 0.111 e. The maximum absolute atomic E-state index is 9.90. The largest absolute Gasteiger partial charge is 0.392 e. The number of hydrogen-bond acceptors (Lipinski definition) is 5. The van der Waals surface area contributed by atoms with Gasteiger partial charge in [-0.05, 0) is 11.1 Å². The molecule has 5 N–H and O–H groups in total. The predicted octanol–water partition coefficient (Wildman–Crippen LogP) is -0.840. The lowest BCUT2D eigenvalue weighted by Gasteiger charge is -2.34. The normalized spacial score (nSPS) is 31.1. The van der Waals surface area contributed by atoms with Gasteiger partial charge >= 0.3 is 0 Å². The van der Waals surface area contributed by atoms with Gasteiger partial charge in [0, 0.05) is 6.54 Å². The molecular formula is C14H19NO4. The van der Waals surface area contributed by atoms with E-state index in [2.05, 4.69) is 5.32 Å². The van der Waals surface area contributed by atoms with Crippen molar-refractivity contribution >= 4 is 0 Å². The van der Waals surface area contributed by atoms with Gasteiger partial charge in [0.2, 0.25) is 0 Å². The highest BCUT2D eigenvalue weighted by Crippen LogP contribution is 2.20. The standard InChI is InChI=1S/C14H19NO4/c16-8-10-6-11(13(18)14(19)12(10)17)15-7-9-4-2-1-3-5-9/h1-6,11-19H,7-8H2/t11-,12+,13-,14?/m0/s1. The van der Waals surface area contributed by atoms with Gasteiger partial charge in [0.15, 0.2) is 0 Å². The molecule has 0 saturated heterocycles. The van der Waals surface area contributed by atoms with E-state index in [1.54, 1.807) is 6.08 Å². The fraction of sp³-hybridized carbons (Fsp3) is 0.429. The summed E-state index contributed by atoms with van der Waals surface area (Å²) < 4.78 is 0. The fourth-order valence-corrected chi connectivity index (χ4v) is 2.20. The molecule has 0 aliphatic heterocycles. The van der Waals surface area contributed by atoms with Crippen LogP contribution in [-0.4, -0.2) is 51.4 Å². The summed E-state index contributed by atoms with van der Waals surface area (Å²) in [4.78, 5) is 0. The van der Waals surface area contributed by atoms with Gasteiger partial charge in [-0.2, -0.15) is 0 Å². The minimum atomic E-state index is -1.29. The minimum absolute atomic E-state index is 0.323. The van der Waals surface area contributed by atoms with Gasteiger partial charge in [-0.3, -0.25) is 0 Å². The van der Waals surface area contributed by atoms with Crippen LogP contribution >= 0.6 is 0 Å². The Balaban J connectivity index is 2.04. The maximum Gasteiger partial charge on any atom is 0.111 e. The Labute approximate surface area is 111 Å². The van der Waals surface area contributed by atoms with Crippen molar-refractivity contribution in [1.29, 1.82) is 0 Å². The molecule has 5 nitrogen and oxygen atoms in total. The van der Waals surface area contributed by atoms with E-state index in [0.717, 1.165) is 5.56 Å². The number of rotatable bonds is 4. The van der Waals surface area contributed by atoms with E-state index in [9.17, 15) is 15.3 Å². The first-order valence-electron chi connectivity index (χ1n) is 6.26. The van der Waals surface area contributed by atoms with Crippen molar-refractivity contribution in [2.24, 2.45) is 0 Å². The molecule has 0 bridgehead atoms. The van der Waals surface area contributed by atoms with Gasteiger partial charge in [-0.25, -0.2) is 0 Å². The van der Waals surface area contributed by atoms with Crippen molar-refractivity contribution in [2.75, 3.05) is 6.61 Å². The molecule has 4 atom stereocenters. The first-order chi connectivity index (χ1) is 9.13. The van der Waals surface area contributed by atoms with Crippen molar-refractivity contribution in [3.63, 3.8) is 0 Å². The maximum atomic E-state index is 9.90. The average Bonchev–Trinajstić information content (AvgIpc) is 2.45. The molecule has 1 aliphatic rings. The van der Waals surface area contributed by atoms with Crippen molar-refractivity contribution in [3.05, 3.63) is 47.5 Å². The van der Waals surface area contributed by atoms with Crippen LogP contribution in [-0.2, 0) is 6.54 Å². The molecule has 0 aromatic heterocycles. The average molecular weight is 265 g/mol. The van der Waals surface area contributed by atoms with E-state index in [1.165, 1.54) is 0 Å². The molecular weight excluding hydrogens is 246 g/mol. The van der Waals surface area contributed by atoms with E-state index in [4.69, 9.17) is 5.11 Å². The highest BCUT2D eigenvalue weighted by molar-refractivity contribution is 5.22. The molecule has 1 aromatic carbocycles. The van der Waals surface area contributed by atoms with Crippen LogP contribution in [0.2, 0.25) is 0 Å². The van der Waals surface area contributed by atoms with Gasteiger partial charge in [0.1, 0.15) is 18.3 Å². The monoisotopic (exact) mass is 265 g/mol. The van der Waals surface area contributed by atoms with Crippen LogP contribution in [0.5, 0.6) is 0 Å². The molecule has 0 amide bonds. The summed E-state index contributed by atoms with van der Waals surface area (Å²) in [6.45, 7) is 0.190. The molecule has 0 saturated carbocycles. The van der Waals surface area contributed by atoms with Gasteiger partial charge in [-0.15, -0.1) is 0 Å². The predicted molar refractivity (Wildman–Crippen MR) is 70.3 cm³/mol. The van der Waals surface area contributed by atoms with Crippen LogP contribution < -0.4 is 5.32 Å². The van der Waals surface area contributed by atoms with Gasteiger partial charge in [-0.1, -0.05) is 36.4 Å². The number of aliphatic hydroxyl groups excluding tert-OH is 4. The Kier molecular flexibility index (Phi) is 4.68. The zero-order valence-corrected chi connectivity index (χ0v) is 10.5. The Morgan fingerprint density at radius 1 is 1.00 bits per heavy atom. The second-order valence-corrected chi connectivity index (χ2v) is 4.72. The fourth-order valence-electron chi connectivity index (χ4n) is 2.20. The minimum Gasteiger partial charge on any atom is -0.392 e. The number of nitrogens with one attached hydrogen (secondary N) is 1. The molecule has 5 heteroatoms. The Hall–Kier alpha value is -1.24. The van der Waals surface area contributed by atoms with E-state index < -0.39 is 24.4 Å². The summed E-state index contributed by atoms with van der Waals surface area (Å²) in [5, 5.41) is 41.5. The Morgan fingerprint density at radius 3 is 2.32 bits per heavy atom. The van der Waals surface area contributed by atoms with Crippen LogP contribution in [0.1, 0.15) is 5.56 Å². The highest BCUT2D eigenvalue weighted by atomic mass is 16.4. The molecule has 0 fully saturated rings. The van der Waals surface area contributed by atoms with Crippen molar-refractivity contribution in [3.8, 4) is 0 Å². The van der Waals surface area contributed by atoms with Crippen molar-refractivity contribution in [2.45, 2.75) is 30.9 Å². The summed E-state index contributed by atoms with van der Waals surface area (Å²) in [5.41, 5.74) is 1.37. The van der Waals surface area contributed by atoms with Gasteiger partial charge < -0.3 is 25.7 Å². The second kappa shape index (κ2) is 6.27. The summed E-state index contributed by atoms with van der Waals surface area (Å²) in [7, 11) is 0. The third-order valence-electron chi connectivity index (χ3n) is 3.38. The van der Waals surface area contributed by atoms with E-state index in [1.807, 2.05) is 30.3 Å². The van der Waals surface area contributed by atoms with Crippen LogP contribution in [0.15, 0.2) is 42.0 Å². The molecule has 1 aliphatic carbocycles. The van der Waals surface area contributed by atoms with Crippen LogP contribution in [0.4, 0.5) is 0 Å². The highest BCUT2D eigenvalue weighted by Gasteiger charge is 2.36. The summed E-state index contributed by atoms with van der Waals surface area (Å²) in [6.07, 6.45) is -2.03. The lowest BCUT2D eigenvalue weighted by molar-refractivity contribution is -0.0643. The molecule has 19 heavy (non-hydrogen) atoms. The lowest BCUT2D eigenvalue weighted by Crippen LogP contribution is -2.53. The molecule has 0 radical (unpaired) electrons. The quantitative estimate of drug-likeness (QED) is 0.458.